The van der Waals surface area contributed by atoms with Crippen LogP contribution in [-0.4, -0.2) is 30.8 Å². The number of hydrogen-bond donors (Lipinski definition) is 1. The minimum absolute atomic E-state index is 0.282. The average molecular weight is 426 g/mol. The first-order chi connectivity index (χ1) is 14.6. The number of unbranched alkanes of at least 4 members (excludes halogenated alkanes) is 12. The average Bonchev–Trinajstić information content (AvgIpc) is 3.21. The van der Waals surface area contributed by atoms with E-state index in [0.717, 1.165) is 38.5 Å². The van der Waals surface area contributed by atoms with Crippen LogP contribution in [0.5, 0.6) is 0 Å². The highest BCUT2D eigenvalue weighted by atomic mass is 16.6. The zero-order chi connectivity index (χ0) is 21.9. The van der Waals surface area contributed by atoms with Gasteiger partial charge in [-0.15, -0.1) is 0 Å². The molecule has 0 aromatic rings. The van der Waals surface area contributed by atoms with Crippen molar-refractivity contribution in [2.45, 2.75) is 135 Å². The molecule has 5 nitrogen and oxygen atoms in total. The van der Waals surface area contributed by atoms with Gasteiger partial charge in [0.05, 0.1) is 13.2 Å². The van der Waals surface area contributed by atoms with E-state index in [0.29, 0.717) is 26.1 Å². The van der Waals surface area contributed by atoms with Gasteiger partial charge in [0.25, 0.3) is 0 Å². The maximum Gasteiger partial charge on any atom is 0.408 e. The molecule has 0 heterocycles. The number of ether oxygens (including phenoxy) is 2. The van der Waals surface area contributed by atoms with Crippen LogP contribution in [0.1, 0.15) is 129 Å². The largest absolute Gasteiger partial charge is 0.464 e. The molecule has 0 radical (unpaired) electrons. The Bertz CT molecular complexity index is 446. The number of rotatable bonds is 18. The molecule has 176 valence electrons. The van der Waals surface area contributed by atoms with E-state index in [9.17, 15) is 9.59 Å². The molecule has 1 fully saturated rings. The van der Waals surface area contributed by atoms with Crippen molar-refractivity contribution in [3.05, 3.63) is 0 Å². The fourth-order valence-corrected chi connectivity index (χ4v) is 4.15. The highest BCUT2D eigenvalue weighted by molar-refractivity contribution is 5.86. The summed E-state index contributed by atoms with van der Waals surface area (Å²) in [7, 11) is 0. The number of carbonyl (C=O) groups excluding carboxylic acids is 2. The lowest BCUT2D eigenvalue weighted by Gasteiger charge is -2.27. The molecule has 1 saturated carbocycles. The molecule has 0 atom stereocenters. The zero-order valence-electron chi connectivity index (χ0n) is 19.8. The summed E-state index contributed by atoms with van der Waals surface area (Å²) in [4.78, 5) is 24.7. The molecule has 0 saturated heterocycles. The minimum Gasteiger partial charge on any atom is -0.464 e. The van der Waals surface area contributed by atoms with Gasteiger partial charge in [-0.2, -0.15) is 0 Å². The summed E-state index contributed by atoms with van der Waals surface area (Å²) in [5.41, 5.74) is -0.875. The lowest BCUT2D eigenvalue weighted by Crippen LogP contribution is -2.53. The lowest BCUT2D eigenvalue weighted by molar-refractivity contribution is -0.151. The Morgan fingerprint density at radius 2 is 1.13 bits per heavy atom. The molecule has 0 unspecified atom stereocenters. The molecule has 1 N–H and O–H groups in total. The van der Waals surface area contributed by atoms with Crippen LogP contribution in [0.2, 0.25) is 0 Å². The first-order valence-corrected chi connectivity index (χ1v) is 12.8. The topological polar surface area (TPSA) is 64.6 Å². The Labute approximate surface area is 185 Å². The number of esters is 1. The molecule has 0 aliphatic heterocycles. The van der Waals surface area contributed by atoms with Crippen molar-refractivity contribution >= 4 is 12.1 Å². The van der Waals surface area contributed by atoms with Gasteiger partial charge in [-0.05, 0) is 25.7 Å². The minimum atomic E-state index is -0.875. The summed E-state index contributed by atoms with van der Waals surface area (Å²) < 4.78 is 10.7. The Hall–Kier alpha value is -1.26. The van der Waals surface area contributed by atoms with E-state index in [1.54, 1.807) is 0 Å². The molecule has 0 bridgehead atoms. The molecule has 0 aromatic heterocycles. The molecular formula is C25H47NO4. The molecule has 5 heteroatoms. The lowest BCUT2D eigenvalue weighted by atomic mass is 9.98. The monoisotopic (exact) mass is 425 g/mol. The summed E-state index contributed by atoms with van der Waals surface area (Å²) in [6.07, 6.45) is 19.9. The highest BCUT2D eigenvalue weighted by Crippen LogP contribution is 2.31. The van der Waals surface area contributed by atoms with E-state index in [4.69, 9.17) is 9.47 Å². The highest BCUT2D eigenvalue weighted by Gasteiger charge is 2.44. The van der Waals surface area contributed by atoms with Crippen LogP contribution in [0, 0.1) is 0 Å². The predicted octanol–water partition coefficient (Wildman–Crippen LogP) is 7.07. The van der Waals surface area contributed by atoms with Gasteiger partial charge in [0.15, 0.2) is 0 Å². The van der Waals surface area contributed by atoms with E-state index >= 15 is 0 Å². The molecule has 1 amide bonds. The van der Waals surface area contributed by atoms with E-state index in [1.165, 1.54) is 64.2 Å². The van der Waals surface area contributed by atoms with Gasteiger partial charge in [0, 0.05) is 0 Å². The van der Waals surface area contributed by atoms with E-state index in [-0.39, 0.29) is 5.97 Å². The van der Waals surface area contributed by atoms with E-state index < -0.39 is 11.6 Å². The molecular weight excluding hydrogens is 378 g/mol. The second kappa shape index (κ2) is 17.4. The van der Waals surface area contributed by atoms with E-state index in [2.05, 4.69) is 12.2 Å². The summed E-state index contributed by atoms with van der Waals surface area (Å²) in [6.45, 7) is 5.15. The fraction of sp³-hybridized carbons (Fsp3) is 0.920. The molecule has 0 spiro atoms. The normalized spacial score (nSPS) is 15.1. The van der Waals surface area contributed by atoms with Crippen molar-refractivity contribution < 1.29 is 19.1 Å². The van der Waals surface area contributed by atoms with Gasteiger partial charge in [0.2, 0.25) is 0 Å². The number of nitrogens with one attached hydrogen (secondary N) is 1. The smallest absolute Gasteiger partial charge is 0.408 e. The molecule has 1 aliphatic carbocycles. The van der Waals surface area contributed by atoms with Crippen molar-refractivity contribution in [2.75, 3.05) is 13.2 Å². The van der Waals surface area contributed by atoms with Gasteiger partial charge in [0.1, 0.15) is 5.54 Å². The van der Waals surface area contributed by atoms with E-state index in [1.807, 2.05) is 6.92 Å². The third-order valence-electron chi connectivity index (χ3n) is 6.15. The third kappa shape index (κ3) is 11.8. The van der Waals surface area contributed by atoms with Crippen molar-refractivity contribution in [2.24, 2.45) is 0 Å². The first kappa shape index (κ1) is 26.8. The maximum absolute atomic E-state index is 12.6. The van der Waals surface area contributed by atoms with Crippen LogP contribution in [0.15, 0.2) is 0 Å². The second-order valence-electron chi connectivity index (χ2n) is 8.93. The number of carbonyl (C=O) groups is 2. The van der Waals surface area contributed by atoms with Crippen molar-refractivity contribution in [1.82, 2.24) is 5.32 Å². The van der Waals surface area contributed by atoms with Crippen LogP contribution in [0.25, 0.3) is 0 Å². The van der Waals surface area contributed by atoms with Crippen LogP contribution in [0.4, 0.5) is 4.79 Å². The summed E-state index contributed by atoms with van der Waals surface area (Å²) >= 11 is 0. The number of hydrogen-bond acceptors (Lipinski definition) is 4. The Balaban J connectivity index is 2.08. The van der Waals surface area contributed by atoms with Crippen LogP contribution >= 0.6 is 0 Å². The van der Waals surface area contributed by atoms with Crippen molar-refractivity contribution in [1.29, 1.82) is 0 Å². The van der Waals surface area contributed by atoms with Crippen molar-refractivity contribution in [3.63, 3.8) is 0 Å². The van der Waals surface area contributed by atoms with Crippen molar-refractivity contribution in [3.8, 4) is 0 Å². The van der Waals surface area contributed by atoms with Crippen LogP contribution < -0.4 is 5.32 Å². The zero-order valence-corrected chi connectivity index (χ0v) is 19.8. The standard InChI is InChI=1S/C25H47NO4/c1-3-5-7-8-9-10-11-12-13-14-15-18-22-29-23(27)25(19-16-17-20-25)26-24(28)30-21-6-4-2/h3-22H2,1-2H3,(H,26,28). The van der Waals surface area contributed by atoms with Gasteiger partial charge in [-0.1, -0.05) is 104 Å². The molecule has 1 rings (SSSR count). The quantitative estimate of drug-likeness (QED) is 0.188. The summed E-state index contributed by atoms with van der Waals surface area (Å²) in [6, 6.07) is 0. The van der Waals surface area contributed by atoms with Gasteiger partial charge in [-0.3, -0.25) is 0 Å². The number of alkyl carbamates (subject to hydrolysis) is 1. The van der Waals surface area contributed by atoms with Gasteiger partial charge in [-0.25, -0.2) is 9.59 Å². The van der Waals surface area contributed by atoms with Gasteiger partial charge < -0.3 is 14.8 Å². The summed E-state index contributed by atoms with van der Waals surface area (Å²) in [5.74, 6) is -0.282. The predicted molar refractivity (Wildman–Crippen MR) is 123 cm³/mol. The Kier molecular flexibility index (Phi) is 15.6. The maximum atomic E-state index is 12.6. The SMILES string of the molecule is CCCCCCCCCCCCCCOC(=O)C1(NC(=O)OCCCC)CCCC1. The van der Waals surface area contributed by atoms with Crippen LogP contribution in [0.3, 0.4) is 0 Å². The van der Waals surface area contributed by atoms with Crippen LogP contribution in [-0.2, 0) is 14.3 Å². The second-order valence-corrected chi connectivity index (χ2v) is 8.93. The van der Waals surface area contributed by atoms with Gasteiger partial charge >= 0.3 is 12.1 Å². The Morgan fingerprint density at radius 3 is 1.67 bits per heavy atom. The fourth-order valence-electron chi connectivity index (χ4n) is 4.15. The molecule has 30 heavy (non-hydrogen) atoms. The summed E-state index contributed by atoms with van der Waals surface area (Å²) in [5, 5.41) is 2.81. The molecule has 1 aliphatic rings. The number of amides is 1. The first-order valence-electron chi connectivity index (χ1n) is 12.8. The molecule has 0 aromatic carbocycles. The third-order valence-corrected chi connectivity index (χ3v) is 6.15. The Morgan fingerprint density at radius 1 is 0.667 bits per heavy atom.